The van der Waals surface area contributed by atoms with E-state index in [0.717, 1.165) is 6.26 Å². The Hall–Kier alpha value is -2.52. The van der Waals surface area contributed by atoms with Crippen molar-refractivity contribution in [1.29, 1.82) is 0 Å². The molecular formula is C21H23ClFN3O4S. The van der Waals surface area contributed by atoms with Crippen LogP contribution in [0.15, 0.2) is 42.5 Å². The van der Waals surface area contributed by atoms with Crippen LogP contribution in [0.25, 0.3) is 0 Å². The van der Waals surface area contributed by atoms with Crippen molar-refractivity contribution in [3.05, 3.63) is 53.3 Å². The second kappa shape index (κ2) is 8.55. The number of amides is 1. The molecule has 1 atom stereocenters. The van der Waals surface area contributed by atoms with Crippen LogP contribution in [0.5, 0.6) is 5.75 Å². The van der Waals surface area contributed by atoms with Crippen molar-refractivity contribution in [3.63, 3.8) is 0 Å². The lowest BCUT2D eigenvalue weighted by Gasteiger charge is -2.37. The zero-order valence-electron chi connectivity index (χ0n) is 17.0. The fraction of sp³-hybridized carbons (Fsp3) is 0.381. The Morgan fingerprint density at radius 1 is 1.06 bits per heavy atom. The van der Waals surface area contributed by atoms with Crippen LogP contribution in [0.1, 0.15) is 6.42 Å². The van der Waals surface area contributed by atoms with Gasteiger partial charge in [0.05, 0.1) is 17.6 Å². The fourth-order valence-electron chi connectivity index (χ4n) is 3.95. The number of ether oxygens (including phenoxy) is 1. The molecule has 2 aromatic rings. The van der Waals surface area contributed by atoms with E-state index in [9.17, 15) is 17.6 Å². The quantitative estimate of drug-likeness (QED) is 0.694. The second-order valence-electron chi connectivity index (χ2n) is 7.61. The highest BCUT2D eigenvalue weighted by Crippen LogP contribution is 2.36. The van der Waals surface area contributed by atoms with Gasteiger partial charge in [-0.15, -0.1) is 0 Å². The predicted molar refractivity (Wildman–Crippen MR) is 118 cm³/mol. The van der Waals surface area contributed by atoms with Crippen molar-refractivity contribution in [3.8, 4) is 5.75 Å². The summed E-state index contributed by atoms with van der Waals surface area (Å²) in [6.07, 6.45) is 0.514. The number of nitrogens with zero attached hydrogens (tertiary/aromatic N) is 3. The number of para-hydroxylation sites is 1. The fourth-order valence-corrected chi connectivity index (χ4v) is 5.05. The molecule has 2 aromatic carbocycles. The first kappa shape index (κ1) is 21.7. The van der Waals surface area contributed by atoms with Crippen molar-refractivity contribution in [2.75, 3.05) is 48.2 Å². The normalized spacial score (nSPS) is 19.5. The third-order valence-corrected chi connectivity index (χ3v) is 6.93. The summed E-state index contributed by atoms with van der Waals surface area (Å²) in [5, 5.41) is 0.380. The summed E-state index contributed by atoms with van der Waals surface area (Å²) in [7, 11) is -3.57. The van der Waals surface area contributed by atoms with Gasteiger partial charge in [0.25, 0.3) is 5.91 Å². The molecule has 1 unspecified atom stereocenters. The zero-order valence-corrected chi connectivity index (χ0v) is 18.6. The van der Waals surface area contributed by atoms with Crippen molar-refractivity contribution in [2.24, 2.45) is 0 Å². The van der Waals surface area contributed by atoms with Crippen molar-refractivity contribution >= 4 is 38.9 Å². The maximum Gasteiger partial charge on any atom is 0.263 e. The number of hydrogen-bond acceptors (Lipinski definition) is 5. The lowest BCUT2D eigenvalue weighted by atomic mass is 10.2. The minimum absolute atomic E-state index is 0.109. The Kier molecular flexibility index (Phi) is 5.98. The smallest absolute Gasteiger partial charge is 0.263 e. The third kappa shape index (κ3) is 4.57. The van der Waals surface area contributed by atoms with Gasteiger partial charge in [-0.1, -0.05) is 23.7 Å². The molecule has 2 heterocycles. The van der Waals surface area contributed by atoms with Crippen LogP contribution in [-0.2, 0) is 14.8 Å². The third-order valence-electron chi connectivity index (χ3n) is 5.51. The molecule has 2 aliphatic rings. The van der Waals surface area contributed by atoms with Gasteiger partial charge in [0, 0.05) is 44.2 Å². The number of anilines is 2. The van der Waals surface area contributed by atoms with Gasteiger partial charge < -0.3 is 14.5 Å². The highest BCUT2D eigenvalue weighted by atomic mass is 35.5. The minimum Gasteiger partial charge on any atom is -0.478 e. The molecule has 7 nitrogen and oxygen atoms in total. The molecule has 31 heavy (non-hydrogen) atoms. The van der Waals surface area contributed by atoms with E-state index in [-0.39, 0.29) is 24.7 Å². The first-order valence-corrected chi connectivity index (χ1v) is 12.2. The zero-order chi connectivity index (χ0) is 22.2. The molecule has 0 bridgehead atoms. The van der Waals surface area contributed by atoms with E-state index >= 15 is 0 Å². The van der Waals surface area contributed by atoms with E-state index in [1.807, 2.05) is 4.90 Å². The Labute approximate surface area is 186 Å². The van der Waals surface area contributed by atoms with Crippen LogP contribution in [0.4, 0.5) is 15.8 Å². The lowest BCUT2D eigenvalue weighted by Crippen LogP contribution is -2.52. The molecule has 1 amide bonds. The van der Waals surface area contributed by atoms with Crippen molar-refractivity contribution < 1.29 is 22.3 Å². The summed E-state index contributed by atoms with van der Waals surface area (Å²) in [6, 6.07) is 11.3. The highest BCUT2D eigenvalue weighted by Gasteiger charge is 2.34. The summed E-state index contributed by atoms with van der Waals surface area (Å²) >= 11 is 6.06. The molecule has 0 spiro atoms. The average molecular weight is 468 g/mol. The first-order valence-electron chi connectivity index (χ1n) is 9.96. The van der Waals surface area contributed by atoms with Crippen LogP contribution in [0.3, 0.4) is 0 Å². The van der Waals surface area contributed by atoms with E-state index < -0.39 is 16.1 Å². The van der Waals surface area contributed by atoms with Crippen LogP contribution < -0.4 is 13.9 Å². The molecule has 10 heteroatoms. The largest absolute Gasteiger partial charge is 0.478 e. The Bertz CT molecular complexity index is 1090. The Morgan fingerprint density at radius 3 is 2.45 bits per heavy atom. The molecule has 0 saturated carbocycles. The molecule has 166 valence electrons. The number of sulfonamides is 1. The van der Waals surface area contributed by atoms with Crippen molar-refractivity contribution in [1.82, 2.24) is 4.90 Å². The van der Waals surface area contributed by atoms with E-state index in [2.05, 4.69) is 0 Å². The molecule has 1 saturated heterocycles. The first-order chi connectivity index (χ1) is 14.7. The van der Waals surface area contributed by atoms with Gasteiger partial charge in [0.1, 0.15) is 11.6 Å². The summed E-state index contributed by atoms with van der Waals surface area (Å²) in [6.45, 7) is 1.96. The van der Waals surface area contributed by atoms with E-state index in [1.165, 1.54) is 16.4 Å². The molecular weight excluding hydrogens is 445 g/mol. The molecule has 0 radical (unpaired) electrons. The number of halogens is 2. The molecule has 2 aliphatic heterocycles. The van der Waals surface area contributed by atoms with Crippen LogP contribution in [0, 0.1) is 5.82 Å². The molecule has 1 fully saturated rings. The summed E-state index contributed by atoms with van der Waals surface area (Å²) in [5.74, 6) is -0.189. The SMILES string of the molecule is CS(=O)(=O)N1CCC(C(=O)N2CCN(c3ccccc3F)CC2)Oc2ccc(Cl)cc21. The summed E-state index contributed by atoms with van der Waals surface area (Å²) in [5.41, 5.74) is 0.851. The van der Waals surface area contributed by atoms with Gasteiger partial charge in [0.2, 0.25) is 10.0 Å². The average Bonchev–Trinajstić information content (AvgIpc) is 2.93. The highest BCUT2D eigenvalue weighted by molar-refractivity contribution is 7.92. The van der Waals surface area contributed by atoms with E-state index in [4.69, 9.17) is 16.3 Å². The Balaban J connectivity index is 1.49. The van der Waals surface area contributed by atoms with Crippen LogP contribution in [-0.4, -0.2) is 64.3 Å². The predicted octanol–water partition coefficient (Wildman–Crippen LogP) is 2.75. The maximum absolute atomic E-state index is 14.1. The second-order valence-corrected chi connectivity index (χ2v) is 9.95. The topological polar surface area (TPSA) is 70.2 Å². The number of carbonyl (C=O) groups is 1. The van der Waals surface area contributed by atoms with Gasteiger partial charge >= 0.3 is 0 Å². The minimum atomic E-state index is -3.57. The lowest BCUT2D eigenvalue weighted by molar-refractivity contribution is -0.139. The molecule has 0 aromatic heterocycles. The van der Waals surface area contributed by atoms with Crippen LogP contribution in [0.2, 0.25) is 5.02 Å². The standard InChI is InChI=1S/C21H23ClFN3O4S/c1-31(28,29)26-9-8-20(30-19-7-6-15(22)14-18(19)26)21(27)25-12-10-24(11-13-25)17-5-3-2-4-16(17)23/h2-7,14,20H,8-13H2,1H3. The van der Waals surface area contributed by atoms with Gasteiger partial charge in [-0.3, -0.25) is 9.10 Å². The van der Waals surface area contributed by atoms with Crippen LogP contribution >= 0.6 is 11.6 Å². The Morgan fingerprint density at radius 2 is 1.77 bits per heavy atom. The number of benzene rings is 2. The number of piperazine rings is 1. The summed E-state index contributed by atoms with van der Waals surface area (Å²) in [4.78, 5) is 16.8. The maximum atomic E-state index is 14.1. The van der Waals surface area contributed by atoms with Crippen molar-refractivity contribution in [2.45, 2.75) is 12.5 Å². The molecule has 4 rings (SSSR count). The summed E-state index contributed by atoms with van der Waals surface area (Å²) < 4.78 is 45.8. The van der Waals surface area contributed by atoms with Gasteiger partial charge in [-0.05, 0) is 30.3 Å². The molecule has 0 N–H and O–H groups in total. The molecule has 0 aliphatic carbocycles. The van der Waals surface area contributed by atoms with E-state index in [0.29, 0.717) is 48.3 Å². The van der Waals surface area contributed by atoms with Gasteiger partial charge in [-0.25, -0.2) is 12.8 Å². The number of carbonyl (C=O) groups excluding carboxylic acids is 1. The number of rotatable bonds is 3. The number of hydrogen-bond donors (Lipinski definition) is 0. The monoisotopic (exact) mass is 467 g/mol. The van der Waals surface area contributed by atoms with E-state index in [1.54, 1.807) is 35.2 Å². The van der Waals surface area contributed by atoms with Gasteiger partial charge in [-0.2, -0.15) is 0 Å². The van der Waals surface area contributed by atoms with Gasteiger partial charge in [0.15, 0.2) is 6.10 Å². The number of fused-ring (bicyclic) bond motifs is 1.